The fourth-order valence-electron chi connectivity index (χ4n) is 0.470. The van der Waals surface area contributed by atoms with E-state index in [1.807, 2.05) is 0 Å². The van der Waals surface area contributed by atoms with E-state index in [0.29, 0.717) is 0 Å². The van der Waals surface area contributed by atoms with Crippen LogP contribution in [0.15, 0.2) is 0 Å². The number of hydrogen-bond acceptors (Lipinski definition) is 4. The maximum Gasteiger partial charge on any atom is 0.513 e. The number of nitrogens with one attached hydrogen (secondary N) is 2. The molecule has 0 saturated heterocycles. The molecule has 0 aromatic carbocycles. The molecule has 2 N–H and O–H groups in total. The van der Waals surface area contributed by atoms with Gasteiger partial charge in [-0.1, -0.05) is 0 Å². The molecule has 0 fully saturated rings. The second-order valence-electron chi connectivity index (χ2n) is 3.68. The van der Waals surface area contributed by atoms with Crippen LogP contribution in [0.4, 0.5) is 18.0 Å². The van der Waals surface area contributed by atoms with Gasteiger partial charge in [-0.15, -0.1) is 4.83 Å². The lowest BCUT2D eigenvalue weighted by atomic mass is 10.2. The summed E-state index contributed by atoms with van der Waals surface area (Å²) < 4.78 is 60.7. The van der Waals surface area contributed by atoms with Crippen LogP contribution < -0.4 is 10.3 Å². The fourth-order valence-corrected chi connectivity index (χ4v) is 0.804. The van der Waals surface area contributed by atoms with Crippen molar-refractivity contribution in [2.75, 3.05) is 0 Å². The average molecular weight is 264 g/mol. The highest BCUT2D eigenvalue weighted by molar-refractivity contribution is 7.90. The molecule has 1 amide bonds. The third-order valence-electron chi connectivity index (χ3n) is 0.991. The molecule has 0 bridgehead atoms. The molecule has 0 spiro atoms. The molecule has 0 saturated carbocycles. The molecule has 0 unspecified atom stereocenters. The van der Waals surface area contributed by atoms with Gasteiger partial charge in [-0.05, 0) is 20.8 Å². The Balaban J connectivity index is 4.34. The largest absolute Gasteiger partial charge is 0.513 e. The number of sulfonamides is 1. The minimum atomic E-state index is -5.61. The Labute approximate surface area is 90.2 Å². The first-order chi connectivity index (χ1) is 6.85. The predicted molar refractivity (Wildman–Crippen MR) is 47.5 cm³/mol. The lowest BCUT2D eigenvalue weighted by Crippen LogP contribution is -2.48. The van der Waals surface area contributed by atoms with Crippen LogP contribution in [0.1, 0.15) is 20.8 Å². The average Bonchev–Trinajstić information content (AvgIpc) is 1.95. The van der Waals surface area contributed by atoms with E-state index in [2.05, 4.69) is 4.74 Å². The molecule has 0 aromatic rings. The van der Waals surface area contributed by atoms with Crippen molar-refractivity contribution in [1.29, 1.82) is 0 Å². The molecular formula is C6H11F3N2O4S. The van der Waals surface area contributed by atoms with Crippen LogP contribution in [0.2, 0.25) is 0 Å². The van der Waals surface area contributed by atoms with Crippen LogP contribution in [-0.4, -0.2) is 25.6 Å². The van der Waals surface area contributed by atoms with Crippen LogP contribution in [0.25, 0.3) is 0 Å². The van der Waals surface area contributed by atoms with E-state index >= 15 is 0 Å². The SMILES string of the molecule is CC(C)(C)OC(=O)NNS(=O)(=O)C(F)(F)F. The quantitative estimate of drug-likeness (QED) is 0.725. The van der Waals surface area contributed by atoms with Crippen molar-refractivity contribution in [3.63, 3.8) is 0 Å². The summed E-state index contributed by atoms with van der Waals surface area (Å²) >= 11 is 0. The van der Waals surface area contributed by atoms with Crippen LogP contribution >= 0.6 is 0 Å². The summed E-state index contributed by atoms with van der Waals surface area (Å²) in [7, 11) is -5.61. The number of ether oxygens (including phenoxy) is 1. The molecule has 6 nitrogen and oxygen atoms in total. The van der Waals surface area contributed by atoms with Gasteiger partial charge < -0.3 is 4.74 Å². The Hall–Kier alpha value is -1.03. The zero-order chi connectivity index (χ0) is 13.2. The summed E-state index contributed by atoms with van der Waals surface area (Å²) in [6.07, 6.45) is -1.33. The first-order valence-electron chi connectivity index (χ1n) is 3.92. The van der Waals surface area contributed by atoms with Crippen molar-refractivity contribution >= 4 is 16.1 Å². The Morgan fingerprint density at radius 3 is 1.94 bits per heavy atom. The van der Waals surface area contributed by atoms with Gasteiger partial charge in [0.15, 0.2) is 0 Å². The van der Waals surface area contributed by atoms with Gasteiger partial charge in [0.2, 0.25) is 0 Å². The molecule has 0 aliphatic rings. The third-order valence-corrected chi connectivity index (χ3v) is 1.97. The van der Waals surface area contributed by atoms with E-state index in [4.69, 9.17) is 0 Å². The summed E-state index contributed by atoms with van der Waals surface area (Å²) in [5.41, 5.74) is -5.18. The summed E-state index contributed by atoms with van der Waals surface area (Å²) in [5, 5.41) is 0. The summed E-state index contributed by atoms with van der Waals surface area (Å²) in [6.45, 7) is 4.39. The van der Waals surface area contributed by atoms with E-state index in [1.165, 1.54) is 26.2 Å². The van der Waals surface area contributed by atoms with Crippen molar-refractivity contribution in [3.8, 4) is 0 Å². The highest BCUT2D eigenvalue weighted by Crippen LogP contribution is 2.20. The number of rotatable bonds is 2. The van der Waals surface area contributed by atoms with Crippen LogP contribution in [0, 0.1) is 0 Å². The first kappa shape index (κ1) is 15.0. The zero-order valence-corrected chi connectivity index (χ0v) is 9.49. The molecule has 0 aliphatic heterocycles. The van der Waals surface area contributed by atoms with Crippen molar-refractivity contribution in [3.05, 3.63) is 0 Å². The number of halogens is 3. The van der Waals surface area contributed by atoms with Crippen molar-refractivity contribution < 1.29 is 31.1 Å². The summed E-state index contributed by atoms with van der Waals surface area (Å²) in [5.74, 6) is 0. The topological polar surface area (TPSA) is 84.5 Å². The minimum Gasteiger partial charge on any atom is -0.443 e. The number of hydrazine groups is 1. The normalized spacial score (nSPS) is 13.4. The zero-order valence-electron chi connectivity index (χ0n) is 8.68. The number of carbonyl (C=O) groups is 1. The molecular weight excluding hydrogens is 253 g/mol. The lowest BCUT2D eigenvalue weighted by molar-refractivity contribution is -0.0451. The van der Waals surface area contributed by atoms with Gasteiger partial charge in [0, 0.05) is 0 Å². The van der Waals surface area contributed by atoms with Gasteiger partial charge in [0.1, 0.15) is 5.60 Å². The first-order valence-corrected chi connectivity index (χ1v) is 5.40. The number of alkyl halides is 3. The van der Waals surface area contributed by atoms with E-state index in [-0.39, 0.29) is 0 Å². The molecule has 0 heterocycles. The van der Waals surface area contributed by atoms with Crippen molar-refractivity contribution in [1.82, 2.24) is 10.3 Å². The molecule has 16 heavy (non-hydrogen) atoms. The van der Waals surface area contributed by atoms with Gasteiger partial charge in [-0.3, -0.25) is 0 Å². The van der Waals surface area contributed by atoms with Gasteiger partial charge in [0.25, 0.3) is 0 Å². The van der Waals surface area contributed by atoms with Gasteiger partial charge in [-0.25, -0.2) is 18.6 Å². The van der Waals surface area contributed by atoms with Crippen molar-refractivity contribution in [2.45, 2.75) is 31.9 Å². The minimum absolute atomic E-state index is 0.844. The second kappa shape index (κ2) is 4.45. The van der Waals surface area contributed by atoms with E-state index in [0.717, 1.165) is 4.83 Å². The third kappa shape index (κ3) is 5.16. The Morgan fingerprint density at radius 2 is 1.62 bits per heavy atom. The predicted octanol–water partition coefficient (Wildman–Crippen LogP) is 0.865. The van der Waals surface area contributed by atoms with E-state index in [1.54, 1.807) is 0 Å². The van der Waals surface area contributed by atoms with Gasteiger partial charge in [0.05, 0.1) is 0 Å². The highest BCUT2D eigenvalue weighted by Gasteiger charge is 2.46. The van der Waals surface area contributed by atoms with Gasteiger partial charge >= 0.3 is 21.6 Å². The summed E-state index contributed by atoms with van der Waals surface area (Å²) in [4.78, 5) is 11.6. The fraction of sp³-hybridized carbons (Fsp3) is 0.833. The Kier molecular flexibility index (Phi) is 4.17. The Morgan fingerprint density at radius 1 is 1.19 bits per heavy atom. The Bertz CT molecular complexity index is 357. The number of carbonyl (C=O) groups excluding carboxylic acids is 1. The summed E-state index contributed by atoms with van der Waals surface area (Å²) in [6, 6.07) is 0. The molecule has 10 heteroatoms. The molecule has 0 radical (unpaired) electrons. The smallest absolute Gasteiger partial charge is 0.443 e. The van der Waals surface area contributed by atoms with E-state index in [9.17, 15) is 26.4 Å². The molecule has 96 valence electrons. The number of amides is 1. The molecule has 0 aromatic heterocycles. The molecule has 0 rings (SSSR count). The molecule has 0 aliphatic carbocycles. The molecule has 0 atom stereocenters. The van der Waals surface area contributed by atoms with Crippen LogP contribution in [-0.2, 0) is 14.8 Å². The maximum atomic E-state index is 11.8. The lowest BCUT2D eigenvalue weighted by Gasteiger charge is -2.19. The van der Waals surface area contributed by atoms with Crippen LogP contribution in [0.3, 0.4) is 0 Å². The maximum absolute atomic E-state index is 11.8. The van der Waals surface area contributed by atoms with Gasteiger partial charge in [-0.2, -0.15) is 13.2 Å². The second-order valence-corrected chi connectivity index (χ2v) is 5.35. The van der Waals surface area contributed by atoms with E-state index < -0.39 is 27.2 Å². The highest BCUT2D eigenvalue weighted by atomic mass is 32.2. The van der Waals surface area contributed by atoms with Crippen LogP contribution in [0.5, 0.6) is 0 Å². The monoisotopic (exact) mass is 264 g/mol. The number of hydrogen-bond donors (Lipinski definition) is 2. The van der Waals surface area contributed by atoms with Crippen molar-refractivity contribution in [2.24, 2.45) is 0 Å². The standard InChI is InChI=1S/C6H11F3N2O4S/c1-5(2,3)15-4(12)10-11-16(13,14)6(7,8)9/h11H,1-3H3,(H,10,12).